The molecule has 2 unspecified atom stereocenters. The van der Waals surface area contributed by atoms with Gasteiger partial charge in [-0.2, -0.15) is 0 Å². The lowest BCUT2D eigenvalue weighted by Crippen LogP contribution is -2.34. The van der Waals surface area contributed by atoms with Crippen molar-refractivity contribution in [3.8, 4) is 0 Å². The molecule has 5 nitrogen and oxygen atoms in total. The first-order chi connectivity index (χ1) is 11.5. The van der Waals surface area contributed by atoms with Crippen LogP contribution in [-0.4, -0.2) is 16.8 Å². The maximum Gasteiger partial charge on any atom is 0.222 e. The van der Waals surface area contributed by atoms with Gasteiger partial charge in [0.15, 0.2) is 0 Å². The molecule has 2 amide bonds. The lowest BCUT2D eigenvalue weighted by molar-refractivity contribution is -0.123. The van der Waals surface area contributed by atoms with Crippen LogP contribution in [0.15, 0.2) is 48.7 Å². The third-order valence-electron chi connectivity index (χ3n) is 3.76. The highest BCUT2D eigenvalue weighted by Crippen LogP contribution is 2.18. The molecule has 2 atom stereocenters. The van der Waals surface area contributed by atoms with Gasteiger partial charge in [0.25, 0.3) is 0 Å². The second-order valence-electron chi connectivity index (χ2n) is 5.91. The Hall–Kier alpha value is -2.69. The summed E-state index contributed by atoms with van der Waals surface area (Å²) in [6.07, 6.45) is 1.88. The smallest absolute Gasteiger partial charge is 0.222 e. The Labute approximate surface area is 142 Å². The quantitative estimate of drug-likeness (QED) is 0.858. The summed E-state index contributed by atoms with van der Waals surface area (Å²) in [6.45, 7) is 5.34. The Kier molecular flexibility index (Phi) is 6.07. The van der Waals surface area contributed by atoms with E-state index in [1.165, 1.54) is 6.92 Å². The van der Waals surface area contributed by atoms with Crippen molar-refractivity contribution in [3.63, 3.8) is 0 Å². The lowest BCUT2D eigenvalue weighted by atomic mass is 10.0. The molecule has 0 bridgehead atoms. The molecule has 2 N–H and O–H groups in total. The molecule has 1 heterocycles. The first kappa shape index (κ1) is 17.7. The first-order valence-electron chi connectivity index (χ1n) is 7.99. The summed E-state index contributed by atoms with van der Waals surface area (Å²) < 4.78 is 0. The van der Waals surface area contributed by atoms with Crippen LogP contribution in [0.5, 0.6) is 0 Å². The summed E-state index contributed by atoms with van der Waals surface area (Å²) in [5, 5.41) is 5.77. The normalized spacial score (nSPS) is 13.0. The van der Waals surface area contributed by atoms with Crippen molar-refractivity contribution in [2.24, 2.45) is 0 Å². The summed E-state index contributed by atoms with van der Waals surface area (Å²) in [6, 6.07) is 12.9. The number of amides is 2. The fourth-order valence-electron chi connectivity index (χ4n) is 2.49. The Bertz CT molecular complexity index is 684. The van der Waals surface area contributed by atoms with E-state index < -0.39 is 0 Å². The van der Waals surface area contributed by atoms with Crippen molar-refractivity contribution in [2.45, 2.75) is 39.3 Å². The van der Waals surface area contributed by atoms with Crippen molar-refractivity contribution in [2.75, 3.05) is 0 Å². The molecule has 24 heavy (non-hydrogen) atoms. The van der Waals surface area contributed by atoms with Gasteiger partial charge in [0, 0.05) is 13.1 Å². The van der Waals surface area contributed by atoms with Gasteiger partial charge in [-0.3, -0.25) is 14.6 Å². The number of aromatic nitrogens is 1. The molecule has 0 saturated carbocycles. The van der Waals surface area contributed by atoms with E-state index >= 15 is 0 Å². The van der Waals surface area contributed by atoms with Crippen LogP contribution in [0.2, 0.25) is 0 Å². The fourth-order valence-corrected chi connectivity index (χ4v) is 2.49. The zero-order valence-electron chi connectivity index (χ0n) is 14.2. The maximum absolute atomic E-state index is 12.4. The highest BCUT2D eigenvalue weighted by molar-refractivity contribution is 5.79. The number of pyridine rings is 1. The molecule has 126 valence electrons. The third kappa shape index (κ3) is 5.19. The van der Waals surface area contributed by atoms with Gasteiger partial charge in [0.1, 0.15) is 0 Å². The van der Waals surface area contributed by atoms with E-state index in [-0.39, 0.29) is 30.3 Å². The molecule has 1 aromatic heterocycles. The molecule has 0 aliphatic rings. The molecule has 0 spiro atoms. The fraction of sp³-hybridized carbons (Fsp3) is 0.316. The standard InChI is InChI=1S/C19H23N3O2/c1-13-7-9-16(10-8-13)18(22-15(3)23)12-19(24)21-14(2)17-6-4-5-11-20-17/h4-11,14,18H,12H2,1-3H3,(H,21,24)(H,22,23). The largest absolute Gasteiger partial charge is 0.349 e. The summed E-state index contributed by atoms with van der Waals surface area (Å²) in [7, 11) is 0. The molecule has 2 rings (SSSR count). The van der Waals surface area contributed by atoms with Gasteiger partial charge >= 0.3 is 0 Å². The van der Waals surface area contributed by atoms with E-state index in [4.69, 9.17) is 0 Å². The highest BCUT2D eigenvalue weighted by Gasteiger charge is 2.19. The van der Waals surface area contributed by atoms with Crippen LogP contribution in [0.25, 0.3) is 0 Å². The highest BCUT2D eigenvalue weighted by atomic mass is 16.2. The zero-order chi connectivity index (χ0) is 17.5. The number of nitrogens with zero attached hydrogens (tertiary/aromatic N) is 1. The summed E-state index contributed by atoms with van der Waals surface area (Å²) >= 11 is 0. The minimum atomic E-state index is -0.348. The molecule has 1 aromatic carbocycles. The number of carbonyl (C=O) groups excluding carboxylic acids is 2. The number of carbonyl (C=O) groups is 2. The van der Waals surface area contributed by atoms with Gasteiger partial charge in [-0.1, -0.05) is 35.9 Å². The molecule has 2 aromatic rings. The Morgan fingerprint density at radius 3 is 2.38 bits per heavy atom. The molecule has 0 fully saturated rings. The van der Waals surface area contributed by atoms with Crippen molar-refractivity contribution in [3.05, 3.63) is 65.5 Å². The molecule has 5 heteroatoms. The average Bonchev–Trinajstić information content (AvgIpc) is 2.55. The van der Waals surface area contributed by atoms with Gasteiger partial charge in [-0.05, 0) is 31.5 Å². The predicted molar refractivity (Wildman–Crippen MR) is 93.1 cm³/mol. The van der Waals surface area contributed by atoms with Crippen LogP contribution in [0.1, 0.15) is 49.2 Å². The number of hydrogen-bond acceptors (Lipinski definition) is 3. The predicted octanol–water partition coefficient (Wildman–Crippen LogP) is 2.83. The van der Waals surface area contributed by atoms with Gasteiger partial charge in [0.05, 0.1) is 24.2 Å². The second-order valence-corrected chi connectivity index (χ2v) is 5.91. The van der Waals surface area contributed by atoms with Gasteiger partial charge in [-0.25, -0.2) is 0 Å². The molecular weight excluding hydrogens is 302 g/mol. The zero-order valence-corrected chi connectivity index (χ0v) is 14.2. The van der Waals surface area contributed by atoms with Crippen molar-refractivity contribution in [1.29, 1.82) is 0 Å². The number of hydrogen-bond donors (Lipinski definition) is 2. The molecule has 0 aliphatic heterocycles. The van der Waals surface area contributed by atoms with Crippen LogP contribution in [0.3, 0.4) is 0 Å². The SMILES string of the molecule is CC(=O)NC(CC(=O)NC(C)c1ccccn1)c1ccc(C)cc1. The lowest BCUT2D eigenvalue weighted by Gasteiger charge is -2.20. The molecule has 0 radical (unpaired) electrons. The van der Waals surface area contributed by atoms with E-state index in [1.54, 1.807) is 6.20 Å². The van der Waals surface area contributed by atoms with E-state index in [0.29, 0.717) is 0 Å². The Morgan fingerprint density at radius 1 is 1.08 bits per heavy atom. The number of benzene rings is 1. The van der Waals surface area contributed by atoms with Gasteiger partial charge < -0.3 is 10.6 Å². The van der Waals surface area contributed by atoms with Crippen molar-refractivity contribution < 1.29 is 9.59 Å². The first-order valence-corrected chi connectivity index (χ1v) is 7.99. The average molecular weight is 325 g/mol. The third-order valence-corrected chi connectivity index (χ3v) is 3.76. The van der Waals surface area contributed by atoms with Crippen LogP contribution >= 0.6 is 0 Å². The van der Waals surface area contributed by atoms with Crippen LogP contribution in [0, 0.1) is 6.92 Å². The maximum atomic E-state index is 12.4. The van der Waals surface area contributed by atoms with Crippen LogP contribution in [-0.2, 0) is 9.59 Å². The van der Waals surface area contributed by atoms with Crippen LogP contribution in [0.4, 0.5) is 0 Å². The minimum absolute atomic E-state index is 0.132. The molecule has 0 saturated heterocycles. The Balaban J connectivity index is 2.04. The van der Waals surface area contributed by atoms with Crippen molar-refractivity contribution >= 4 is 11.8 Å². The minimum Gasteiger partial charge on any atom is -0.349 e. The molecule has 0 aliphatic carbocycles. The van der Waals surface area contributed by atoms with E-state index in [1.807, 2.05) is 56.3 Å². The summed E-state index contributed by atoms with van der Waals surface area (Å²) in [4.78, 5) is 28.1. The van der Waals surface area contributed by atoms with E-state index in [9.17, 15) is 9.59 Å². The molecular formula is C19H23N3O2. The topological polar surface area (TPSA) is 71.1 Å². The van der Waals surface area contributed by atoms with Gasteiger partial charge in [-0.15, -0.1) is 0 Å². The number of aryl methyl sites for hydroxylation is 1. The van der Waals surface area contributed by atoms with E-state index in [0.717, 1.165) is 16.8 Å². The second kappa shape index (κ2) is 8.24. The van der Waals surface area contributed by atoms with E-state index in [2.05, 4.69) is 15.6 Å². The summed E-state index contributed by atoms with van der Waals surface area (Å²) in [5.41, 5.74) is 2.85. The monoisotopic (exact) mass is 325 g/mol. The Morgan fingerprint density at radius 2 is 1.79 bits per heavy atom. The van der Waals surface area contributed by atoms with Crippen LogP contribution < -0.4 is 10.6 Å². The van der Waals surface area contributed by atoms with Crippen molar-refractivity contribution in [1.82, 2.24) is 15.6 Å². The van der Waals surface area contributed by atoms with Gasteiger partial charge in [0.2, 0.25) is 11.8 Å². The number of nitrogens with one attached hydrogen (secondary N) is 2. The number of rotatable bonds is 6. The summed E-state index contributed by atoms with van der Waals surface area (Å²) in [5.74, 6) is -0.293.